The van der Waals surface area contributed by atoms with Gasteiger partial charge in [-0.1, -0.05) is 26.7 Å². The molecule has 1 rings (SSSR count). The highest BCUT2D eigenvalue weighted by molar-refractivity contribution is 7.88. The van der Waals surface area contributed by atoms with Crippen LogP contribution < -0.4 is 11.1 Å². The molecular weight excluding hydrogens is 300 g/mol. The molecule has 0 aromatic heterocycles. The minimum atomic E-state index is -3.14. The van der Waals surface area contributed by atoms with E-state index in [0.29, 0.717) is 19.0 Å². The van der Waals surface area contributed by atoms with Gasteiger partial charge in [0.1, 0.15) is 0 Å². The van der Waals surface area contributed by atoms with E-state index >= 15 is 0 Å². The fourth-order valence-corrected chi connectivity index (χ4v) is 4.01. The standard InChI is InChI=1S/C15H32N4O2S/c1-12(2)7-5-8-13(3)18-15(16)17-11-14-9-6-10-19(14)22(4,20)21/h12-14H,5-11H2,1-4H3,(H3,16,17,18)/t13?,14-/m1/s1. The van der Waals surface area contributed by atoms with E-state index in [2.05, 4.69) is 31.1 Å². The number of nitrogens with zero attached hydrogens (tertiary/aromatic N) is 2. The average Bonchev–Trinajstić information content (AvgIpc) is 2.84. The van der Waals surface area contributed by atoms with Crippen LogP contribution in [0.15, 0.2) is 4.99 Å². The Balaban J connectivity index is 2.39. The quantitative estimate of drug-likeness (QED) is 0.521. The van der Waals surface area contributed by atoms with Crippen molar-refractivity contribution in [1.29, 1.82) is 0 Å². The van der Waals surface area contributed by atoms with Crippen LogP contribution in [0.4, 0.5) is 0 Å². The lowest BCUT2D eigenvalue weighted by molar-refractivity contribution is 0.396. The molecule has 7 heteroatoms. The van der Waals surface area contributed by atoms with Gasteiger partial charge < -0.3 is 11.1 Å². The van der Waals surface area contributed by atoms with Gasteiger partial charge in [0.15, 0.2) is 5.96 Å². The first-order valence-electron chi connectivity index (χ1n) is 8.23. The van der Waals surface area contributed by atoms with Gasteiger partial charge in [0.2, 0.25) is 10.0 Å². The molecule has 130 valence electrons. The lowest BCUT2D eigenvalue weighted by Gasteiger charge is -2.21. The largest absolute Gasteiger partial charge is 0.370 e. The molecular formula is C15H32N4O2S. The Morgan fingerprint density at radius 1 is 1.36 bits per heavy atom. The number of nitrogens with one attached hydrogen (secondary N) is 1. The van der Waals surface area contributed by atoms with Gasteiger partial charge in [-0.15, -0.1) is 0 Å². The lowest BCUT2D eigenvalue weighted by atomic mass is 10.0. The summed E-state index contributed by atoms with van der Waals surface area (Å²) in [6, 6.07) is 0.240. The second-order valence-corrected chi connectivity index (χ2v) is 8.70. The van der Waals surface area contributed by atoms with E-state index < -0.39 is 10.0 Å². The zero-order valence-electron chi connectivity index (χ0n) is 14.4. The van der Waals surface area contributed by atoms with Crippen LogP contribution >= 0.6 is 0 Å². The normalized spacial score (nSPS) is 22.2. The summed E-state index contributed by atoms with van der Waals surface area (Å²) in [5.74, 6) is 1.14. The first-order chi connectivity index (χ1) is 10.2. The molecule has 0 radical (unpaired) electrons. The minimum absolute atomic E-state index is 0.0494. The minimum Gasteiger partial charge on any atom is -0.370 e. The van der Waals surface area contributed by atoms with Crippen LogP contribution in [-0.2, 0) is 10.0 Å². The van der Waals surface area contributed by atoms with Crippen molar-refractivity contribution in [2.45, 2.75) is 65.0 Å². The van der Waals surface area contributed by atoms with E-state index in [9.17, 15) is 8.42 Å². The summed E-state index contributed by atoms with van der Waals surface area (Å²) < 4.78 is 24.9. The topological polar surface area (TPSA) is 87.8 Å². The number of guanidine groups is 1. The van der Waals surface area contributed by atoms with Crippen LogP contribution in [0.3, 0.4) is 0 Å². The maximum absolute atomic E-state index is 11.7. The molecule has 2 atom stereocenters. The van der Waals surface area contributed by atoms with E-state index in [1.807, 2.05) is 0 Å². The van der Waals surface area contributed by atoms with Crippen molar-refractivity contribution < 1.29 is 8.42 Å². The third kappa shape index (κ3) is 6.96. The van der Waals surface area contributed by atoms with Gasteiger partial charge in [0.05, 0.1) is 12.8 Å². The van der Waals surface area contributed by atoms with Crippen molar-refractivity contribution in [2.24, 2.45) is 16.6 Å². The van der Waals surface area contributed by atoms with Gasteiger partial charge in [-0.05, 0) is 32.1 Å². The van der Waals surface area contributed by atoms with Gasteiger partial charge >= 0.3 is 0 Å². The number of rotatable bonds is 8. The zero-order valence-corrected chi connectivity index (χ0v) is 15.2. The highest BCUT2D eigenvalue weighted by Gasteiger charge is 2.31. The highest BCUT2D eigenvalue weighted by atomic mass is 32.2. The molecule has 1 aliphatic heterocycles. The summed E-state index contributed by atoms with van der Waals surface area (Å²) in [5, 5.41) is 3.19. The maximum Gasteiger partial charge on any atom is 0.211 e. The number of hydrogen-bond donors (Lipinski definition) is 2. The van der Waals surface area contributed by atoms with E-state index in [-0.39, 0.29) is 12.1 Å². The van der Waals surface area contributed by atoms with E-state index in [1.54, 1.807) is 0 Å². The Morgan fingerprint density at radius 3 is 2.64 bits per heavy atom. The monoisotopic (exact) mass is 332 g/mol. The van der Waals surface area contributed by atoms with Crippen LogP contribution in [0.1, 0.15) is 52.9 Å². The molecule has 0 aliphatic carbocycles. The molecule has 0 saturated carbocycles. The Hall–Kier alpha value is -0.820. The Bertz CT molecular complexity index is 462. The summed E-state index contributed by atoms with van der Waals surface area (Å²) in [5.41, 5.74) is 5.91. The molecule has 3 N–H and O–H groups in total. The molecule has 0 spiro atoms. The van der Waals surface area contributed by atoms with E-state index in [1.165, 1.54) is 23.4 Å². The molecule has 1 aliphatic rings. The second kappa shape index (κ2) is 8.72. The molecule has 1 unspecified atom stereocenters. The maximum atomic E-state index is 11.7. The molecule has 0 amide bonds. The molecule has 1 heterocycles. The van der Waals surface area contributed by atoms with Gasteiger partial charge in [-0.3, -0.25) is 4.99 Å². The van der Waals surface area contributed by atoms with Crippen LogP contribution in [0.25, 0.3) is 0 Å². The predicted molar refractivity (Wildman–Crippen MR) is 92.3 cm³/mol. The molecule has 22 heavy (non-hydrogen) atoms. The molecule has 1 saturated heterocycles. The third-order valence-electron chi connectivity index (χ3n) is 4.03. The summed E-state index contributed by atoms with van der Waals surface area (Å²) in [6.07, 6.45) is 6.46. The van der Waals surface area contributed by atoms with Crippen LogP contribution in [-0.4, -0.2) is 50.1 Å². The van der Waals surface area contributed by atoms with Gasteiger partial charge in [-0.2, -0.15) is 4.31 Å². The molecule has 0 aromatic carbocycles. The van der Waals surface area contributed by atoms with Gasteiger partial charge in [0.25, 0.3) is 0 Å². The fraction of sp³-hybridized carbons (Fsp3) is 0.933. The first-order valence-corrected chi connectivity index (χ1v) is 10.1. The third-order valence-corrected chi connectivity index (χ3v) is 5.37. The number of nitrogens with two attached hydrogens (primary N) is 1. The highest BCUT2D eigenvalue weighted by Crippen LogP contribution is 2.20. The Labute approximate surface area is 135 Å². The van der Waals surface area contributed by atoms with Crippen molar-refractivity contribution in [3.8, 4) is 0 Å². The van der Waals surface area contributed by atoms with Gasteiger partial charge in [0, 0.05) is 18.6 Å². The van der Waals surface area contributed by atoms with Crippen molar-refractivity contribution in [2.75, 3.05) is 19.3 Å². The number of hydrogen-bond acceptors (Lipinski definition) is 3. The Kier molecular flexibility index (Phi) is 7.62. The summed E-state index contributed by atoms with van der Waals surface area (Å²) in [7, 11) is -3.14. The van der Waals surface area contributed by atoms with Crippen LogP contribution in [0.5, 0.6) is 0 Å². The smallest absolute Gasteiger partial charge is 0.211 e. The van der Waals surface area contributed by atoms with Crippen LogP contribution in [0.2, 0.25) is 0 Å². The lowest BCUT2D eigenvalue weighted by Crippen LogP contribution is -2.41. The fourth-order valence-electron chi connectivity index (χ4n) is 2.83. The Morgan fingerprint density at radius 2 is 2.05 bits per heavy atom. The van der Waals surface area contributed by atoms with Crippen LogP contribution in [0, 0.1) is 5.92 Å². The SMILES string of the molecule is CC(C)CCCC(C)NC(N)=NC[C@H]1CCCN1S(C)(=O)=O. The molecule has 0 aromatic rings. The molecule has 6 nitrogen and oxygen atoms in total. The van der Waals surface area contributed by atoms with Gasteiger partial charge in [-0.25, -0.2) is 8.42 Å². The summed E-state index contributed by atoms with van der Waals surface area (Å²) in [6.45, 7) is 7.58. The summed E-state index contributed by atoms with van der Waals surface area (Å²) in [4.78, 5) is 4.33. The van der Waals surface area contributed by atoms with Crippen molar-refractivity contribution in [3.63, 3.8) is 0 Å². The zero-order chi connectivity index (χ0) is 16.8. The van der Waals surface area contributed by atoms with Crippen molar-refractivity contribution in [1.82, 2.24) is 9.62 Å². The van der Waals surface area contributed by atoms with E-state index in [4.69, 9.17) is 5.73 Å². The van der Waals surface area contributed by atoms with Crippen molar-refractivity contribution >= 4 is 16.0 Å². The predicted octanol–water partition coefficient (Wildman–Crippen LogP) is 1.53. The summed E-state index contributed by atoms with van der Waals surface area (Å²) >= 11 is 0. The number of sulfonamides is 1. The second-order valence-electron chi connectivity index (χ2n) is 6.77. The molecule has 1 fully saturated rings. The average molecular weight is 333 g/mol. The van der Waals surface area contributed by atoms with E-state index in [0.717, 1.165) is 25.2 Å². The molecule has 0 bridgehead atoms. The van der Waals surface area contributed by atoms with Crippen molar-refractivity contribution in [3.05, 3.63) is 0 Å². The first kappa shape index (κ1) is 19.2. The number of aliphatic imine (C=N–C) groups is 1.